The quantitative estimate of drug-likeness (QED) is 0.0879. The van der Waals surface area contributed by atoms with Crippen LogP contribution < -0.4 is 92.8 Å². The lowest BCUT2D eigenvalue weighted by Crippen LogP contribution is -2.59. The molecule has 0 fully saturated rings. The zero-order chi connectivity index (χ0) is 78.6. The molecule has 0 N–H and O–H groups in total. The van der Waals surface area contributed by atoms with Gasteiger partial charge < -0.3 is 43.6 Å². The molecule has 19 aromatic carbocycles. The van der Waals surface area contributed by atoms with Crippen LogP contribution >= 0.6 is 0 Å². The summed E-state index contributed by atoms with van der Waals surface area (Å²) in [7, 11) is 0. The van der Waals surface area contributed by atoms with E-state index in [1.54, 1.807) is 0 Å². The molecule has 558 valence electrons. The van der Waals surface area contributed by atoms with E-state index in [0.29, 0.717) is 0 Å². The second-order valence-electron chi connectivity index (χ2n) is 31.7. The van der Waals surface area contributed by atoms with Crippen molar-refractivity contribution in [2.75, 3.05) is 29.4 Å². The van der Waals surface area contributed by atoms with Crippen molar-refractivity contribution in [3.63, 3.8) is 0 Å². The van der Waals surface area contributed by atoms with Crippen LogP contribution in [0.25, 0.3) is 32.3 Å². The summed E-state index contributed by atoms with van der Waals surface area (Å²) in [5.41, 5.74) is 29.1. The molecule has 0 saturated carbocycles. The summed E-state index contributed by atoms with van der Waals surface area (Å²) in [6.07, 6.45) is 0. The summed E-state index contributed by atoms with van der Waals surface area (Å²) in [5.74, 6) is 4.86. The van der Waals surface area contributed by atoms with Crippen molar-refractivity contribution in [2.45, 2.75) is 0 Å². The Morgan fingerprint density at radius 2 is 0.442 bits per heavy atom. The van der Waals surface area contributed by atoms with Crippen LogP contribution in [0.15, 0.2) is 419 Å². The third-order valence-electron chi connectivity index (χ3n) is 25.2. The third kappa shape index (κ3) is 10.4. The van der Waals surface area contributed by atoms with Crippen LogP contribution in [-0.2, 0) is 0 Å². The van der Waals surface area contributed by atoms with Crippen molar-refractivity contribution in [3.8, 4) is 34.5 Å². The average Bonchev–Trinajstić information content (AvgIpc) is 0.706. The van der Waals surface area contributed by atoms with E-state index < -0.39 is 0 Å². The van der Waals surface area contributed by atoms with Crippen molar-refractivity contribution in [3.05, 3.63) is 419 Å². The monoisotopic (exact) mass is 1530 g/mol. The third-order valence-corrected chi connectivity index (χ3v) is 25.2. The first-order valence-electron chi connectivity index (χ1n) is 41.2. The van der Waals surface area contributed by atoms with E-state index in [1.807, 2.05) is 0 Å². The minimum Gasteiger partial charge on any atom is -0.458 e. The van der Waals surface area contributed by atoms with Gasteiger partial charge in [-0.05, 0) is 270 Å². The van der Waals surface area contributed by atoms with Gasteiger partial charge in [-0.15, -0.1) is 0 Å². The van der Waals surface area contributed by atoms with Crippen molar-refractivity contribution in [2.24, 2.45) is 0 Å². The Morgan fingerprint density at radius 1 is 0.167 bits per heavy atom. The van der Waals surface area contributed by atoms with Gasteiger partial charge in [0.05, 0.1) is 5.69 Å². The molecule has 0 amide bonds. The number of fused-ring (bicyclic) bond motifs is 18. The van der Waals surface area contributed by atoms with E-state index in [9.17, 15) is 0 Å². The maximum Gasteiger partial charge on any atom is 0.256 e. The molecule has 0 atom stereocenters. The summed E-state index contributed by atoms with van der Waals surface area (Å²) < 4.78 is 23.1. The Morgan fingerprint density at radius 3 is 0.808 bits per heavy atom. The minimum atomic E-state index is -0.259. The van der Waals surface area contributed by atoms with Crippen molar-refractivity contribution >= 4 is 204 Å². The predicted octanol–water partition coefficient (Wildman–Crippen LogP) is 22.8. The predicted molar refractivity (Wildman–Crippen MR) is 501 cm³/mol. The maximum absolute atomic E-state index is 7.88. The number of rotatable bonds is 12. The first-order valence-corrected chi connectivity index (χ1v) is 41.2. The van der Waals surface area contributed by atoms with E-state index in [0.717, 1.165) is 202 Å². The van der Waals surface area contributed by atoms with E-state index in [2.05, 4.69) is 448 Å². The molecular formula is C108H69B3N6O3. The molecule has 120 heavy (non-hydrogen) atoms. The lowest BCUT2D eigenvalue weighted by Gasteiger charge is -2.41. The van der Waals surface area contributed by atoms with Gasteiger partial charge in [0.15, 0.2) is 0 Å². The maximum atomic E-state index is 7.88. The Balaban J connectivity index is 0.755. The molecule has 0 radical (unpaired) electrons. The topological polar surface area (TPSA) is 47.1 Å². The van der Waals surface area contributed by atoms with Crippen LogP contribution in [0.4, 0.5) is 102 Å². The lowest BCUT2D eigenvalue weighted by atomic mass is 9.33. The summed E-state index contributed by atoms with van der Waals surface area (Å²) in [5, 5.41) is 6.42. The van der Waals surface area contributed by atoms with E-state index >= 15 is 0 Å². The molecule has 25 rings (SSSR count). The van der Waals surface area contributed by atoms with Gasteiger partial charge in [-0.25, -0.2) is 0 Å². The molecule has 0 unspecified atom stereocenters. The van der Waals surface area contributed by atoms with Crippen LogP contribution in [0.1, 0.15) is 0 Å². The summed E-state index contributed by atoms with van der Waals surface area (Å²) in [6, 6.07) is 152. The zero-order valence-corrected chi connectivity index (χ0v) is 65.0. The molecule has 19 aromatic rings. The van der Waals surface area contributed by atoms with Gasteiger partial charge in [0.1, 0.15) is 34.5 Å². The Bertz CT molecular complexity index is 7200. The van der Waals surface area contributed by atoms with Crippen LogP contribution in [0.5, 0.6) is 34.5 Å². The van der Waals surface area contributed by atoms with Gasteiger partial charge in [-0.2, -0.15) is 0 Å². The summed E-state index contributed by atoms with van der Waals surface area (Å²) >= 11 is 0. The molecular weight excluding hydrogens is 1460 g/mol. The van der Waals surface area contributed by atoms with Crippen molar-refractivity contribution < 1.29 is 14.2 Å². The first kappa shape index (κ1) is 67.7. The second kappa shape index (κ2) is 27.0. The molecule has 0 saturated heterocycles. The number of benzene rings is 19. The summed E-state index contributed by atoms with van der Waals surface area (Å²) in [4.78, 5) is 14.4. The number of hydrogen-bond acceptors (Lipinski definition) is 9. The minimum absolute atomic E-state index is 0.251. The molecule has 12 heteroatoms. The van der Waals surface area contributed by atoms with Crippen LogP contribution in [0.2, 0.25) is 0 Å². The SMILES string of the molecule is c1ccc(N(c2ccccc2)c2ccc3c(c2)N(c2ccccc2)c2cccc4c2B3c2cc3c(cc2O4)c2cc4c(cc2c2cc5c(cc32)Oc2cc(N(c3ccccc3)c3ccccc3)cc3c2B5c2ccccc2N3c2ccccc2)Oc2cccc3c2B4c2ccc(N(c4ccccc4)c4ccccc4)cc2N3c2ccccc2)cc1. The molecule has 0 aromatic heterocycles. The van der Waals surface area contributed by atoms with E-state index in [4.69, 9.17) is 14.2 Å². The molecule has 0 aliphatic carbocycles. The van der Waals surface area contributed by atoms with E-state index in [1.165, 1.54) is 16.4 Å². The Hall–Kier alpha value is -15.6. The Kier molecular flexibility index (Phi) is 15.2. The highest BCUT2D eigenvalue weighted by Gasteiger charge is 2.47. The fourth-order valence-corrected chi connectivity index (χ4v) is 20.3. The van der Waals surface area contributed by atoms with Gasteiger partial charge in [0, 0.05) is 103 Å². The number of para-hydroxylation sites is 10. The number of nitrogens with zero attached hydrogens (tertiary/aromatic N) is 6. The lowest BCUT2D eigenvalue weighted by molar-refractivity contribution is 0.488. The van der Waals surface area contributed by atoms with Crippen LogP contribution in [0, 0.1) is 0 Å². The molecule has 9 nitrogen and oxygen atoms in total. The van der Waals surface area contributed by atoms with Gasteiger partial charge >= 0.3 is 0 Å². The van der Waals surface area contributed by atoms with Gasteiger partial charge in [0.25, 0.3) is 20.1 Å². The van der Waals surface area contributed by atoms with Gasteiger partial charge in [-0.1, -0.05) is 224 Å². The number of hydrogen-bond donors (Lipinski definition) is 0. The highest BCUT2D eigenvalue weighted by Crippen LogP contribution is 2.52. The fourth-order valence-electron chi connectivity index (χ4n) is 20.3. The molecule has 6 aliphatic heterocycles. The van der Waals surface area contributed by atoms with E-state index in [-0.39, 0.29) is 20.1 Å². The first-order chi connectivity index (χ1) is 59.5. The second-order valence-corrected chi connectivity index (χ2v) is 31.7. The van der Waals surface area contributed by atoms with Crippen molar-refractivity contribution in [1.29, 1.82) is 0 Å². The van der Waals surface area contributed by atoms with Gasteiger partial charge in [-0.3, -0.25) is 0 Å². The number of anilines is 18. The smallest absolute Gasteiger partial charge is 0.256 e. The molecule has 6 heterocycles. The summed E-state index contributed by atoms with van der Waals surface area (Å²) in [6.45, 7) is -0.762. The van der Waals surface area contributed by atoms with Crippen LogP contribution in [0.3, 0.4) is 0 Å². The van der Waals surface area contributed by atoms with Crippen LogP contribution in [-0.4, -0.2) is 20.1 Å². The largest absolute Gasteiger partial charge is 0.458 e. The normalized spacial score (nSPS) is 13.1. The molecule has 6 aliphatic rings. The van der Waals surface area contributed by atoms with Gasteiger partial charge in [0.2, 0.25) is 0 Å². The zero-order valence-electron chi connectivity index (χ0n) is 65.0. The number of ether oxygens (including phenoxy) is 3. The average molecular weight is 1530 g/mol. The van der Waals surface area contributed by atoms with Crippen molar-refractivity contribution in [1.82, 2.24) is 0 Å². The molecule has 0 spiro atoms. The fraction of sp³-hybridized carbons (Fsp3) is 0. The molecule has 0 bridgehead atoms. The Labute approximate surface area is 696 Å². The highest BCUT2D eigenvalue weighted by atomic mass is 16.5. The highest BCUT2D eigenvalue weighted by molar-refractivity contribution is 7.01. The standard InChI is InChI=1S/C108H69B3N6O3/c1-10-32-70(33-11-1)112(71-34-12-2-13-35-71)79-56-58-89-97(60-79)116(77-46-24-8-25-47-77)95-52-30-54-100-106(95)110(89)91-64-82-85-67-102-92(111-90-59-57-80(113(72-36-14-3-15-37-72)73-38-16-4-17-39-73)61-98(90)117(78-48-26-9-27-49-78)96-53-31-55-101(118-102)107(96)111)65-83(85)87-69-104-93(66-84(87)86(82)68-103(91)119-100)109-88-50-28-29-51-94(88)115(76-44-22-7-23-45-76)99-62-81(63-105(120-104)108(99)109)114(74-40-18-5-19-41-74)75-42-20-6-21-43-75/h1-69H.